The lowest BCUT2D eigenvalue weighted by Gasteiger charge is -2.19. The van der Waals surface area contributed by atoms with Crippen LogP contribution in [0.1, 0.15) is 54.8 Å². The summed E-state index contributed by atoms with van der Waals surface area (Å²) in [5.74, 6) is 0.469. The average Bonchev–Trinajstić information content (AvgIpc) is 3.00. The Balaban J connectivity index is 1.31. The van der Waals surface area contributed by atoms with Crippen molar-refractivity contribution >= 4 is 22.9 Å². The molecule has 0 aliphatic carbocycles. The Bertz CT molecular complexity index is 1690. The Morgan fingerprint density at radius 2 is 1.48 bits per heavy atom. The SMILES string of the molecule is COC(=O)CC(NC(=O)c1cnc2cc(Oc3ccc(C(C)(C)C)cc3)ccc2n1)c1ccc(-c2ccccc2)cc1. The summed E-state index contributed by atoms with van der Waals surface area (Å²) in [6.07, 6.45) is 1.40. The number of rotatable bonds is 8. The number of nitrogens with zero attached hydrogens (tertiary/aromatic N) is 2. The van der Waals surface area contributed by atoms with Gasteiger partial charge in [-0.3, -0.25) is 14.6 Å². The van der Waals surface area contributed by atoms with Crippen LogP contribution in [-0.4, -0.2) is 29.0 Å². The van der Waals surface area contributed by atoms with E-state index in [0.717, 1.165) is 22.4 Å². The standard InChI is InChI=1S/C35H33N3O4/c1-35(2,3)26-14-16-27(17-15-26)42-28-18-19-29-31(20-28)36-22-32(37-29)34(40)38-30(21-33(39)41-4)25-12-10-24(11-13-25)23-8-6-5-7-9-23/h5-20,22,30H,21H2,1-4H3,(H,38,40). The molecule has 1 heterocycles. The molecule has 1 N–H and O–H groups in total. The number of methoxy groups -OCH3 is 1. The summed E-state index contributed by atoms with van der Waals surface area (Å²) >= 11 is 0. The van der Waals surface area contributed by atoms with E-state index in [4.69, 9.17) is 9.47 Å². The summed E-state index contributed by atoms with van der Waals surface area (Å²) in [5.41, 5.74) is 5.47. The van der Waals surface area contributed by atoms with Gasteiger partial charge in [-0.05, 0) is 51.9 Å². The Hall–Kier alpha value is -5.04. The van der Waals surface area contributed by atoms with Gasteiger partial charge >= 0.3 is 5.97 Å². The molecular formula is C35H33N3O4. The molecule has 1 aromatic heterocycles. The highest BCUT2D eigenvalue weighted by Gasteiger charge is 2.21. The predicted molar refractivity (Wildman–Crippen MR) is 163 cm³/mol. The zero-order valence-corrected chi connectivity index (χ0v) is 24.1. The predicted octanol–water partition coefficient (Wildman–Crippen LogP) is 7.42. The maximum atomic E-state index is 13.2. The van der Waals surface area contributed by atoms with Gasteiger partial charge in [-0.2, -0.15) is 0 Å². The van der Waals surface area contributed by atoms with Crippen LogP contribution in [0.25, 0.3) is 22.2 Å². The minimum Gasteiger partial charge on any atom is -0.469 e. The molecule has 1 atom stereocenters. The summed E-state index contributed by atoms with van der Waals surface area (Å²) in [5, 5.41) is 2.93. The highest BCUT2D eigenvalue weighted by atomic mass is 16.5. The van der Waals surface area contributed by atoms with Gasteiger partial charge in [-0.25, -0.2) is 4.98 Å². The van der Waals surface area contributed by atoms with Crippen molar-refractivity contribution in [2.45, 2.75) is 38.6 Å². The van der Waals surface area contributed by atoms with E-state index in [1.54, 1.807) is 18.2 Å². The second-order valence-corrected chi connectivity index (χ2v) is 11.1. The normalized spacial score (nSPS) is 12.0. The van der Waals surface area contributed by atoms with Gasteiger partial charge in [0, 0.05) is 6.07 Å². The minimum atomic E-state index is -0.604. The highest BCUT2D eigenvalue weighted by molar-refractivity contribution is 5.94. The molecule has 0 saturated heterocycles. The first-order chi connectivity index (χ1) is 20.2. The van der Waals surface area contributed by atoms with E-state index in [1.165, 1.54) is 18.9 Å². The average molecular weight is 560 g/mol. The fraction of sp³-hybridized carbons (Fsp3) is 0.200. The Morgan fingerprint density at radius 3 is 2.14 bits per heavy atom. The van der Waals surface area contributed by atoms with E-state index >= 15 is 0 Å². The number of esters is 1. The molecule has 42 heavy (non-hydrogen) atoms. The van der Waals surface area contributed by atoms with E-state index in [-0.39, 0.29) is 17.5 Å². The highest BCUT2D eigenvalue weighted by Crippen LogP contribution is 2.28. The Kier molecular flexibility index (Phi) is 8.29. The quantitative estimate of drug-likeness (QED) is 0.199. The molecule has 0 saturated carbocycles. The van der Waals surface area contributed by atoms with Gasteiger partial charge in [0.15, 0.2) is 0 Å². The maximum absolute atomic E-state index is 13.2. The van der Waals surface area contributed by atoms with Crippen molar-refractivity contribution in [2.24, 2.45) is 0 Å². The molecule has 7 heteroatoms. The van der Waals surface area contributed by atoms with Crippen LogP contribution in [0.3, 0.4) is 0 Å². The lowest BCUT2D eigenvalue weighted by atomic mass is 9.87. The van der Waals surface area contributed by atoms with Crippen molar-refractivity contribution in [1.29, 1.82) is 0 Å². The molecule has 4 aromatic carbocycles. The molecule has 1 unspecified atom stereocenters. The van der Waals surface area contributed by atoms with Gasteiger partial charge in [0.25, 0.3) is 5.91 Å². The summed E-state index contributed by atoms with van der Waals surface area (Å²) in [4.78, 5) is 34.4. The van der Waals surface area contributed by atoms with Gasteiger partial charge in [0.1, 0.15) is 17.2 Å². The second-order valence-electron chi connectivity index (χ2n) is 11.1. The number of hydrogen-bond donors (Lipinski definition) is 1. The third kappa shape index (κ3) is 6.81. The number of carbonyl (C=O) groups excluding carboxylic acids is 2. The van der Waals surface area contributed by atoms with Crippen LogP contribution in [0, 0.1) is 0 Å². The second kappa shape index (κ2) is 12.2. The van der Waals surface area contributed by atoms with Crippen molar-refractivity contribution in [3.63, 3.8) is 0 Å². The largest absolute Gasteiger partial charge is 0.469 e. The van der Waals surface area contributed by atoms with Crippen LogP contribution in [-0.2, 0) is 14.9 Å². The Morgan fingerprint density at radius 1 is 0.810 bits per heavy atom. The van der Waals surface area contributed by atoms with E-state index < -0.39 is 17.9 Å². The smallest absolute Gasteiger partial charge is 0.307 e. The van der Waals surface area contributed by atoms with Gasteiger partial charge in [-0.15, -0.1) is 0 Å². The molecule has 0 aliphatic rings. The Labute approximate surface area is 245 Å². The molecule has 0 radical (unpaired) electrons. The van der Waals surface area contributed by atoms with Gasteiger partial charge < -0.3 is 14.8 Å². The first kappa shape index (κ1) is 28.5. The van der Waals surface area contributed by atoms with Crippen molar-refractivity contribution in [2.75, 3.05) is 7.11 Å². The van der Waals surface area contributed by atoms with E-state index in [0.29, 0.717) is 16.8 Å². The zero-order chi connectivity index (χ0) is 29.7. The lowest BCUT2D eigenvalue weighted by Crippen LogP contribution is -2.31. The van der Waals surface area contributed by atoms with Crippen LogP contribution >= 0.6 is 0 Å². The number of amides is 1. The van der Waals surface area contributed by atoms with Crippen LogP contribution < -0.4 is 10.1 Å². The summed E-state index contributed by atoms with van der Waals surface area (Å²) in [6.45, 7) is 6.51. The first-order valence-corrected chi connectivity index (χ1v) is 13.8. The number of carbonyl (C=O) groups is 2. The van der Waals surface area contributed by atoms with Crippen LogP contribution in [0.15, 0.2) is 103 Å². The third-order valence-corrected chi connectivity index (χ3v) is 7.03. The number of ether oxygens (including phenoxy) is 2. The molecule has 1 amide bonds. The molecule has 0 spiro atoms. The fourth-order valence-electron chi connectivity index (χ4n) is 4.60. The number of nitrogens with one attached hydrogen (secondary N) is 1. The van der Waals surface area contributed by atoms with E-state index in [1.807, 2.05) is 66.7 Å². The topological polar surface area (TPSA) is 90.4 Å². The molecule has 7 nitrogen and oxygen atoms in total. The molecule has 5 rings (SSSR count). The van der Waals surface area contributed by atoms with E-state index in [2.05, 4.69) is 48.2 Å². The first-order valence-electron chi connectivity index (χ1n) is 13.8. The minimum absolute atomic E-state index is 0.0225. The monoisotopic (exact) mass is 559 g/mol. The van der Waals surface area contributed by atoms with E-state index in [9.17, 15) is 9.59 Å². The molecular weight excluding hydrogens is 526 g/mol. The van der Waals surface area contributed by atoms with Crippen molar-refractivity contribution in [3.05, 3.63) is 120 Å². The maximum Gasteiger partial charge on any atom is 0.307 e. The van der Waals surface area contributed by atoms with Crippen LogP contribution in [0.4, 0.5) is 0 Å². The van der Waals surface area contributed by atoms with Crippen molar-refractivity contribution < 1.29 is 19.1 Å². The van der Waals surface area contributed by atoms with Gasteiger partial charge in [0.2, 0.25) is 0 Å². The van der Waals surface area contributed by atoms with Gasteiger partial charge in [0.05, 0.1) is 36.8 Å². The number of fused-ring (bicyclic) bond motifs is 1. The van der Waals surface area contributed by atoms with Crippen molar-refractivity contribution in [1.82, 2.24) is 15.3 Å². The number of hydrogen-bond acceptors (Lipinski definition) is 6. The lowest BCUT2D eigenvalue weighted by molar-refractivity contribution is -0.141. The molecule has 5 aromatic rings. The number of aromatic nitrogens is 2. The zero-order valence-electron chi connectivity index (χ0n) is 24.1. The van der Waals surface area contributed by atoms with Crippen molar-refractivity contribution in [3.8, 4) is 22.6 Å². The molecule has 0 bridgehead atoms. The fourth-order valence-corrected chi connectivity index (χ4v) is 4.60. The summed E-state index contributed by atoms with van der Waals surface area (Å²) < 4.78 is 10.9. The summed E-state index contributed by atoms with van der Waals surface area (Å²) in [7, 11) is 1.33. The third-order valence-electron chi connectivity index (χ3n) is 7.03. The van der Waals surface area contributed by atoms with Crippen LogP contribution in [0.2, 0.25) is 0 Å². The summed E-state index contributed by atoms with van der Waals surface area (Å²) in [6, 6.07) is 30.5. The van der Waals surface area contributed by atoms with Crippen LogP contribution in [0.5, 0.6) is 11.5 Å². The molecule has 0 aliphatic heterocycles. The number of benzene rings is 4. The molecule has 0 fully saturated rings. The van der Waals surface area contributed by atoms with Gasteiger partial charge in [-0.1, -0.05) is 87.5 Å². The molecule has 212 valence electrons.